The molecule has 0 amide bonds. The topological polar surface area (TPSA) is 32.3 Å². The van der Waals surface area contributed by atoms with E-state index in [2.05, 4.69) is 5.32 Å². The molecule has 14 heavy (non-hydrogen) atoms. The van der Waals surface area contributed by atoms with Crippen molar-refractivity contribution in [3.63, 3.8) is 0 Å². The molecule has 0 bridgehead atoms. The van der Waals surface area contributed by atoms with Crippen LogP contribution in [-0.4, -0.2) is 18.7 Å². The summed E-state index contributed by atoms with van der Waals surface area (Å²) in [7, 11) is 1.74. The van der Waals surface area contributed by atoms with Crippen molar-refractivity contribution in [3.8, 4) is 0 Å². The van der Waals surface area contributed by atoms with Gasteiger partial charge in [-0.25, -0.2) is 4.39 Å². The lowest BCUT2D eigenvalue weighted by atomic mass is 9.96. The fourth-order valence-electron chi connectivity index (χ4n) is 1.28. The first-order valence-electron chi connectivity index (χ1n) is 4.30. The second-order valence-corrected chi connectivity index (χ2v) is 3.84. The molecule has 2 nitrogen and oxygen atoms in total. The summed E-state index contributed by atoms with van der Waals surface area (Å²) in [6.45, 7) is 2.03. The summed E-state index contributed by atoms with van der Waals surface area (Å²) in [5.41, 5.74) is -0.440. The highest BCUT2D eigenvalue weighted by Gasteiger charge is 2.22. The molecule has 1 unspecified atom stereocenters. The largest absolute Gasteiger partial charge is 0.384 e. The summed E-state index contributed by atoms with van der Waals surface area (Å²) in [6.07, 6.45) is 0. The lowest BCUT2D eigenvalue weighted by Crippen LogP contribution is -2.33. The third-order valence-corrected chi connectivity index (χ3v) is 2.35. The van der Waals surface area contributed by atoms with Crippen LogP contribution >= 0.6 is 11.6 Å². The molecule has 0 saturated carbocycles. The van der Waals surface area contributed by atoms with Crippen molar-refractivity contribution in [2.75, 3.05) is 13.6 Å². The maximum Gasteiger partial charge on any atom is 0.141 e. The van der Waals surface area contributed by atoms with Crippen molar-refractivity contribution >= 4 is 11.6 Å². The van der Waals surface area contributed by atoms with Gasteiger partial charge in [-0.05, 0) is 31.7 Å². The third-order valence-electron chi connectivity index (χ3n) is 2.06. The second kappa shape index (κ2) is 4.26. The van der Waals surface area contributed by atoms with Crippen LogP contribution < -0.4 is 5.32 Å². The van der Waals surface area contributed by atoms with Crippen LogP contribution in [0, 0.1) is 5.82 Å². The normalized spacial score (nSPS) is 15.2. The maximum atomic E-state index is 12.8. The van der Waals surface area contributed by atoms with Crippen molar-refractivity contribution in [3.05, 3.63) is 34.6 Å². The highest BCUT2D eigenvalue weighted by Crippen LogP contribution is 2.24. The number of benzene rings is 1. The molecule has 1 aromatic rings. The van der Waals surface area contributed by atoms with Crippen LogP contribution in [0.3, 0.4) is 0 Å². The van der Waals surface area contributed by atoms with Gasteiger partial charge in [0.1, 0.15) is 5.82 Å². The van der Waals surface area contributed by atoms with Crippen molar-refractivity contribution < 1.29 is 9.50 Å². The van der Waals surface area contributed by atoms with Crippen molar-refractivity contribution in [2.24, 2.45) is 0 Å². The Bertz CT molecular complexity index is 328. The second-order valence-electron chi connectivity index (χ2n) is 3.43. The van der Waals surface area contributed by atoms with Gasteiger partial charge in [-0.15, -0.1) is 0 Å². The van der Waals surface area contributed by atoms with Gasteiger partial charge in [-0.1, -0.05) is 17.7 Å². The lowest BCUT2D eigenvalue weighted by molar-refractivity contribution is 0.0591. The maximum absolute atomic E-state index is 12.8. The fraction of sp³-hybridized carbons (Fsp3) is 0.400. The number of likely N-dealkylation sites (N-methyl/N-ethyl adjacent to an activating group) is 1. The Morgan fingerprint density at radius 2 is 2.21 bits per heavy atom. The van der Waals surface area contributed by atoms with Crippen LogP contribution in [0.15, 0.2) is 18.2 Å². The van der Waals surface area contributed by atoms with Gasteiger partial charge in [0, 0.05) is 6.54 Å². The lowest BCUT2D eigenvalue weighted by Gasteiger charge is -2.23. The molecule has 0 aliphatic rings. The Labute approximate surface area is 87.7 Å². The number of rotatable bonds is 3. The summed E-state index contributed by atoms with van der Waals surface area (Å²) in [6, 6.07) is 4.22. The van der Waals surface area contributed by atoms with Gasteiger partial charge in [0.05, 0.1) is 10.6 Å². The third kappa shape index (κ3) is 2.44. The molecule has 0 heterocycles. The minimum absolute atomic E-state index is 0.0267. The van der Waals surface area contributed by atoms with E-state index in [1.54, 1.807) is 14.0 Å². The Hall–Kier alpha value is -0.640. The van der Waals surface area contributed by atoms with Crippen LogP contribution in [0.4, 0.5) is 4.39 Å². The van der Waals surface area contributed by atoms with E-state index in [0.29, 0.717) is 12.1 Å². The molecule has 1 atom stereocenters. The van der Waals surface area contributed by atoms with Gasteiger partial charge in [0.25, 0.3) is 0 Å². The van der Waals surface area contributed by atoms with Crippen LogP contribution in [-0.2, 0) is 5.60 Å². The monoisotopic (exact) mass is 217 g/mol. The summed E-state index contributed by atoms with van der Waals surface area (Å²) < 4.78 is 12.8. The SMILES string of the molecule is CNCC(C)(O)c1ccc(F)c(Cl)c1. The van der Waals surface area contributed by atoms with Crippen molar-refractivity contribution in [1.82, 2.24) is 5.32 Å². The number of aliphatic hydroxyl groups is 1. The summed E-state index contributed by atoms with van der Waals surface area (Å²) in [4.78, 5) is 0. The van der Waals surface area contributed by atoms with Gasteiger partial charge in [-0.3, -0.25) is 0 Å². The first-order valence-corrected chi connectivity index (χ1v) is 4.67. The molecule has 0 spiro atoms. The standard InChI is InChI=1S/C10H13ClFNO/c1-10(14,6-13-2)7-3-4-9(12)8(11)5-7/h3-5,13-14H,6H2,1-2H3. The van der Waals surface area contributed by atoms with E-state index in [9.17, 15) is 9.50 Å². The average Bonchev–Trinajstić information content (AvgIpc) is 2.09. The first-order chi connectivity index (χ1) is 6.47. The van der Waals surface area contributed by atoms with Crippen LogP contribution in [0.5, 0.6) is 0 Å². The number of hydrogen-bond acceptors (Lipinski definition) is 2. The molecule has 0 radical (unpaired) electrons. The van der Waals surface area contributed by atoms with Gasteiger partial charge < -0.3 is 10.4 Å². The summed E-state index contributed by atoms with van der Waals surface area (Å²) in [5.74, 6) is -0.476. The van der Waals surface area contributed by atoms with E-state index >= 15 is 0 Å². The molecule has 2 N–H and O–H groups in total. The molecule has 0 aliphatic heterocycles. The minimum atomic E-state index is -1.04. The quantitative estimate of drug-likeness (QED) is 0.811. The zero-order chi connectivity index (χ0) is 10.8. The van der Waals surface area contributed by atoms with Gasteiger partial charge >= 0.3 is 0 Å². The smallest absolute Gasteiger partial charge is 0.141 e. The minimum Gasteiger partial charge on any atom is -0.384 e. The Kier molecular flexibility index (Phi) is 3.48. The predicted molar refractivity (Wildman–Crippen MR) is 54.9 cm³/mol. The van der Waals surface area contributed by atoms with Crippen LogP contribution in [0.25, 0.3) is 0 Å². The highest BCUT2D eigenvalue weighted by atomic mass is 35.5. The van der Waals surface area contributed by atoms with E-state index in [1.165, 1.54) is 18.2 Å². The summed E-state index contributed by atoms with van der Waals surface area (Å²) in [5, 5.41) is 12.8. The van der Waals surface area contributed by atoms with Gasteiger partial charge in [0.2, 0.25) is 0 Å². The molecule has 1 aromatic carbocycles. The molecule has 0 aromatic heterocycles. The first kappa shape index (κ1) is 11.4. The van der Waals surface area contributed by atoms with E-state index in [-0.39, 0.29) is 5.02 Å². The number of hydrogen-bond donors (Lipinski definition) is 2. The zero-order valence-electron chi connectivity index (χ0n) is 8.14. The van der Waals surface area contributed by atoms with E-state index in [1.807, 2.05) is 0 Å². The van der Waals surface area contributed by atoms with Gasteiger partial charge in [0.15, 0.2) is 0 Å². The number of halogens is 2. The van der Waals surface area contributed by atoms with E-state index < -0.39 is 11.4 Å². The van der Waals surface area contributed by atoms with Gasteiger partial charge in [-0.2, -0.15) is 0 Å². The Morgan fingerprint density at radius 1 is 1.57 bits per heavy atom. The summed E-state index contributed by atoms with van der Waals surface area (Å²) >= 11 is 5.61. The predicted octanol–water partition coefficient (Wildman–Crippen LogP) is 1.91. The molecule has 0 aliphatic carbocycles. The van der Waals surface area contributed by atoms with Crippen LogP contribution in [0.1, 0.15) is 12.5 Å². The Balaban J connectivity index is 3.01. The van der Waals surface area contributed by atoms with Crippen LogP contribution in [0.2, 0.25) is 5.02 Å². The highest BCUT2D eigenvalue weighted by molar-refractivity contribution is 6.30. The molecule has 0 fully saturated rings. The molecular weight excluding hydrogens is 205 g/mol. The molecule has 4 heteroatoms. The van der Waals surface area contributed by atoms with Crippen molar-refractivity contribution in [2.45, 2.75) is 12.5 Å². The average molecular weight is 218 g/mol. The molecule has 0 saturated heterocycles. The fourth-order valence-corrected chi connectivity index (χ4v) is 1.46. The molecular formula is C10H13ClFNO. The number of nitrogens with one attached hydrogen (secondary N) is 1. The van der Waals surface area contributed by atoms with E-state index in [4.69, 9.17) is 11.6 Å². The van der Waals surface area contributed by atoms with Crippen molar-refractivity contribution in [1.29, 1.82) is 0 Å². The zero-order valence-corrected chi connectivity index (χ0v) is 8.90. The Morgan fingerprint density at radius 3 is 2.71 bits per heavy atom. The van der Waals surface area contributed by atoms with E-state index in [0.717, 1.165) is 0 Å². The molecule has 1 rings (SSSR count). The molecule has 78 valence electrons.